The normalized spacial score (nSPS) is 19.0. The Bertz CT molecular complexity index is 502. The third kappa shape index (κ3) is 2.47. The number of nitrogens with zero attached hydrogens (tertiary/aromatic N) is 2. The molecule has 2 N–H and O–H groups in total. The van der Waals surface area contributed by atoms with Gasteiger partial charge in [0.05, 0.1) is 16.8 Å². The van der Waals surface area contributed by atoms with Gasteiger partial charge in [-0.15, -0.1) is 0 Å². The maximum Gasteiger partial charge on any atom is 0.259 e. The molecule has 0 aromatic carbocycles. The lowest BCUT2D eigenvalue weighted by Gasteiger charge is -2.36. The van der Waals surface area contributed by atoms with Crippen molar-refractivity contribution in [2.45, 2.75) is 29.9 Å². The van der Waals surface area contributed by atoms with Crippen LogP contribution in [0.4, 0.5) is 0 Å². The van der Waals surface area contributed by atoms with Crippen molar-refractivity contribution < 1.29 is 13.5 Å². The lowest BCUT2D eigenvalue weighted by molar-refractivity contribution is -0.0271. The molecule has 6 nitrogen and oxygen atoms in total. The molecule has 0 aliphatic heterocycles. The second-order valence-corrected chi connectivity index (χ2v) is 6.41. The number of sulfonamides is 1. The number of hydrogen-bond donors (Lipinski definition) is 2. The average molecular weight is 280 g/mol. The van der Waals surface area contributed by atoms with Crippen molar-refractivity contribution in [3.63, 3.8) is 0 Å². The molecule has 96 valence electrons. The Morgan fingerprint density at radius 3 is 2.71 bits per heavy atom. The Balaban J connectivity index is 2.14. The smallest absolute Gasteiger partial charge is 0.259 e. The van der Waals surface area contributed by atoms with E-state index < -0.39 is 15.6 Å². The summed E-state index contributed by atoms with van der Waals surface area (Å²) in [4.78, 5) is 0. The first-order valence-corrected chi connectivity index (χ1v) is 7.10. The van der Waals surface area contributed by atoms with Gasteiger partial charge in [-0.3, -0.25) is 4.68 Å². The van der Waals surface area contributed by atoms with Gasteiger partial charge in [0.1, 0.15) is 0 Å². The third-order valence-electron chi connectivity index (χ3n) is 2.97. The van der Waals surface area contributed by atoms with Crippen LogP contribution in [0, 0.1) is 0 Å². The van der Waals surface area contributed by atoms with Gasteiger partial charge < -0.3 is 5.11 Å². The molecule has 0 spiro atoms. The summed E-state index contributed by atoms with van der Waals surface area (Å²) in [6.45, 7) is 0.0108. The molecule has 17 heavy (non-hydrogen) atoms. The van der Waals surface area contributed by atoms with Crippen molar-refractivity contribution in [1.82, 2.24) is 14.5 Å². The number of hydrogen-bond acceptors (Lipinski definition) is 4. The van der Waals surface area contributed by atoms with Crippen LogP contribution in [0.5, 0.6) is 0 Å². The van der Waals surface area contributed by atoms with E-state index in [-0.39, 0.29) is 16.6 Å². The molecule has 1 heterocycles. The Morgan fingerprint density at radius 2 is 2.29 bits per heavy atom. The van der Waals surface area contributed by atoms with Crippen molar-refractivity contribution in [1.29, 1.82) is 0 Å². The molecule has 0 amide bonds. The van der Waals surface area contributed by atoms with Gasteiger partial charge in [-0.05, 0) is 19.3 Å². The van der Waals surface area contributed by atoms with Crippen LogP contribution in [-0.4, -0.2) is 35.5 Å². The van der Waals surface area contributed by atoms with E-state index in [1.807, 2.05) is 0 Å². The van der Waals surface area contributed by atoms with Crippen molar-refractivity contribution in [3.8, 4) is 0 Å². The highest BCUT2D eigenvalue weighted by Gasteiger charge is 2.36. The predicted molar refractivity (Wildman–Crippen MR) is 62.2 cm³/mol. The quantitative estimate of drug-likeness (QED) is 0.828. The highest BCUT2D eigenvalue weighted by molar-refractivity contribution is 7.89. The zero-order valence-corrected chi connectivity index (χ0v) is 10.9. The fourth-order valence-corrected chi connectivity index (χ4v) is 3.53. The van der Waals surface area contributed by atoms with Gasteiger partial charge in [-0.2, -0.15) is 5.10 Å². The zero-order chi connectivity index (χ0) is 12.7. The molecule has 1 aliphatic carbocycles. The number of aryl methyl sites for hydroxylation is 1. The maximum absolute atomic E-state index is 12.0. The van der Waals surface area contributed by atoms with E-state index in [2.05, 4.69) is 9.82 Å². The molecule has 8 heteroatoms. The van der Waals surface area contributed by atoms with Crippen LogP contribution in [0.15, 0.2) is 11.2 Å². The van der Waals surface area contributed by atoms with Crippen molar-refractivity contribution in [2.75, 3.05) is 6.54 Å². The minimum atomic E-state index is -3.73. The molecule has 0 unspecified atom stereocenters. The second-order valence-electron chi connectivity index (χ2n) is 4.32. The number of aromatic nitrogens is 2. The van der Waals surface area contributed by atoms with Gasteiger partial charge in [0.2, 0.25) is 0 Å². The standard InChI is InChI=1S/C9H14ClN3O3S/c1-13-8(7(10)5-11-13)17(15,16)12-6-9(14)3-2-4-9/h5,12,14H,2-4,6H2,1H3. The Hall–Kier alpha value is -0.630. The molecular formula is C9H14ClN3O3S. The van der Waals surface area contributed by atoms with E-state index in [4.69, 9.17) is 11.6 Å². The topological polar surface area (TPSA) is 84.2 Å². The van der Waals surface area contributed by atoms with Crippen LogP contribution < -0.4 is 4.72 Å². The minimum Gasteiger partial charge on any atom is -0.389 e. The molecule has 1 fully saturated rings. The molecule has 1 aliphatic rings. The number of rotatable bonds is 4. The molecule has 0 bridgehead atoms. The summed E-state index contributed by atoms with van der Waals surface area (Å²) in [5, 5.41) is 13.6. The average Bonchev–Trinajstić information content (AvgIpc) is 2.53. The summed E-state index contributed by atoms with van der Waals surface area (Å²) in [6, 6.07) is 0. The highest BCUT2D eigenvalue weighted by Crippen LogP contribution is 2.31. The third-order valence-corrected chi connectivity index (χ3v) is 4.88. The molecule has 1 aromatic heterocycles. The van der Waals surface area contributed by atoms with E-state index in [9.17, 15) is 13.5 Å². The van der Waals surface area contributed by atoms with Crippen molar-refractivity contribution in [2.24, 2.45) is 7.05 Å². The molecule has 0 saturated heterocycles. The van der Waals surface area contributed by atoms with Crippen molar-refractivity contribution >= 4 is 21.6 Å². The van der Waals surface area contributed by atoms with Crippen LogP contribution in [0.1, 0.15) is 19.3 Å². The number of halogens is 1. The summed E-state index contributed by atoms with van der Waals surface area (Å²) in [7, 11) is -2.23. The summed E-state index contributed by atoms with van der Waals surface area (Å²) >= 11 is 5.76. The van der Waals surface area contributed by atoms with Gasteiger partial charge >= 0.3 is 0 Å². The first kappa shape index (κ1) is 12.8. The summed E-state index contributed by atoms with van der Waals surface area (Å²) < 4.78 is 27.5. The number of nitrogens with one attached hydrogen (secondary N) is 1. The monoisotopic (exact) mass is 279 g/mol. The zero-order valence-electron chi connectivity index (χ0n) is 9.35. The molecule has 1 aromatic rings. The molecule has 1 saturated carbocycles. The van der Waals surface area contributed by atoms with Gasteiger partial charge in [0.25, 0.3) is 10.0 Å². The van der Waals surface area contributed by atoms with E-state index in [0.717, 1.165) is 6.42 Å². The van der Waals surface area contributed by atoms with Gasteiger partial charge in [0.15, 0.2) is 5.03 Å². The van der Waals surface area contributed by atoms with E-state index in [1.54, 1.807) is 0 Å². The lowest BCUT2D eigenvalue weighted by Crippen LogP contribution is -2.47. The fraction of sp³-hybridized carbons (Fsp3) is 0.667. The van der Waals surface area contributed by atoms with Crippen LogP contribution in [0.3, 0.4) is 0 Å². The van der Waals surface area contributed by atoms with Crippen LogP contribution in [0.25, 0.3) is 0 Å². The van der Waals surface area contributed by atoms with Crippen LogP contribution in [0.2, 0.25) is 5.02 Å². The number of aliphatic hydroxyl groups is 1. The van der Waals surface area contributed by atoms with E-state index >= 15 is 0 Å². The van der Waals surface area contributed by atoms with Crippen LogP contribution >= 0.6 is 11.6 Å². The Kier molecular flexibility index (Phi) is 3.19. The SMILES string of the molecule is Cn1ncc(Cl)c1S(=O)(=O)NCC1(O)CCC1. The lowest BCUT2D eigenvalue weighted by atomic mass is 9.81. The van der Waals surface area contributed by atoms with Crippen molar-refractivity contribution in [3.05, 3.63) is 11.2 Å². The molecule has 2 rings (SSSR count). The Morgan fingerprint density at radius 1 is 1.65 bits per heavy atom. The highest BCUT2D eigenvalue weighted by atomic mass is 35.5. The predicted octanol–water partition coefficient (Wildman–Crippen LogP) is 0.267. The van der Waals surface area contributed by atoms with Crippen LogP contribution in [-0.2, 0) is 17.1 Å². The van der Waals surface area contributed by atoms with E-state index in [0.29, 0.717) is 12.8 Å². The second kappa shape index (κ2) is 4.24. The first-order chi connectivity index (χ1) is 7.84. The van der Waals surface area contributed by atoms with Gasteiger partial charge in [-0.1, -0.05) is 11.6 Å². The van der Waals surface area contributed by atoms with Gasteiger partial charge in [0, 0.05) is 13.6 Å². The maximum atomic E-state index is 12.0. The summed E-state index contributed by atoms with van der Waals surface area (Å²) in [6.07, 6.45) is 3.43. The van der Waals surface area contributed by atoms with Gasteiger partial charge in [-0.25, -0.2) is 13.1 Å². The first-order valence-electron chi connectivity index (χ1n) is 5.24. The molecular weight excluding hydrogens is 266 g/mol. The minimum absolute atomic E-state index is 0.0108. The fourth-order valence-electron chi connectivity index (χ4n) is 1.76. The summed E-state index contributed by atoms with van der Waals surface area (Å²) in [5.74, 6) is 0. The summed E-state index contributed by atoms with van der Waals surface area (Å²) in [5.41, 5.74) is -0.905. The van der Waals surface area contributed by atoms with E-state index in [1.165, 1.54) is 17.9 Å². The largest absolute Gasteiger partial charge is 0.389 e. The molecule has 0 atom stereocenters. The Labute approximate surface area is 105 Å². The molecule has 0 radical (unpaired) electrons.